The summed E-state index contributed by atoms with van der Waals surface area (Å²) in [5, 5.41) is 11.6. The number of thioether (sulfide) groups is 1. The van der Waals surface area contributed by atoms with E-state index >= 15 is 0 Å². The SMILES string of the molecule is CCNC(CC)c1nnc(CSc2ccccc2)o1. The predicted octanol–water partition coefficient (Wildman–Crippen LogP) is 3.42. The Labute approximate surface area is 118 Å². The molecule has 0 aliphatic carbocycles. The molecule has 1 heterocycles. The monoisotopic (exact) mass is 277 g/mol. The van der Waals surface area contributed by atoms with E-state index in [1.54, 1.807) is 11.8 Å². The number of aromatic nitrogens is 2. The van der Waals surface area contributed by atoms with Crippen molar-refractivity contribution in [2.24, 2.45) is 0 Å². The molecule has 2 aromatic rings. The Hall–Kier alpha value is -1.33. The van der Waals surface area contributed by atoms with Gasteiger partial charge in [0.05, 0.1) is 11.8 Å². The summed E-state index contributed by atoms with van der Waals surface area (Å²) < 4.78 is 5.71. The predicted molar refractivity (Wildman–Crippen MR) is 77.0 cm³/mol. The Bertz CT molecular complexity index is 486. The zero-order valence-electron chi connectivity index (χ0n) is 11.3. The first-order chi connectivity index (χ1) is 9.33. The Balaban J connectivity index is 1.93. The van der Waals surface area contributed by atoms with E-state index in [-0.39, 0.29) is 6.04 Å². The van der Waals surface area contributed by atoms with Crippen LogP contribution in [0.25, 0.3) is 0 Å². The third-order valence-corrected chi connectivity index (χ3v) is 3.74. The molecule has 0 saturated heterocycles. The molecule has 4 nitrogen and oxygen atoms in total. The Morgan fingerprint density at radius 1 is 1.21 bits per heavy atom. The van der Waals surface area contributed by atoms with Crippen LogP contribution in [0.2, 0.25) is 0 Å². The van der Waals surface area contributed by atoms with Crippen LogP contribution in [0.5, 0.6) is 0 Å². The van der Waals surface area contributed by atoms with Crippen LogP contribution in [0.1, 0.15) is 38.1 Å². The molecule has 0 radical (unpaired) electrons. The lowest BCUT2D eigenvalue weighted by Crippen LogP contribution is -2.20. The number of hydrogen-bond acceptors (Lipinski definition) is 5. The molecule has 1 atom stereocenters. The molecular weight excluding hydrogens is 258 g/mol. The second kappa shape index (κ2) is 7.31. The molecule has 19 heavy (non-hydrogen) atoms. The largest absolute Gasteiger partial charge is 0.423 e. The molecule has 2 rings (SSSR count). The van der Waals surface area contributed by atoms with Gasteiger partial charge in [-0.1, -0.05) is 32.0 Å². The molecule has 1 unspecified atom stereocenters. The van der Waals surface area contributed by atoms with Crippen molar-refractivity contribution in [3.63, 3.8) is 0 Å². The number of nitrogens with zero attached hydrogens (tertiary/aromatic N) is 2. The fraction of sp³-hybridized carbons (Fsp3) is 0.429. The maximum absolute atomic E-state index is 5.71. The molecular formula is C14H19N3OS. The molecule has 0 amide bonds. The summed E-state index contributed by atoms with van der Waals surface area (Å²) in [5.74, 6) is 2.08. The second-order valence-corrected chi connectivity index (χ2v) is 5.20. The molecule has 1 N–H and O–H groups in total. The fourth-order valence-corrected chi connectivity index (χ4v) is 2.54. The van der Waals surface area contributed by atoms with Crippen molar-refractivity contribution in [1.29, 1.82) is 0 Å². The summed E-state index contributed by atoms with van der Waals surface area (Å²) in [6.07, 6.45) is 0.946. The van der Waals surface area contributed by atoms with Gasteiger partial charge in [0.15, 0.2) is 0 Å². The van der Waals surface area contributed by atoms with Crippen LogP contribution in [-0.4, -0.2) is 16.7 Å². The van der Waals surface area contributed by atoms with Crippen LogP contribution in [-0.2, 0) is 5.75 Å². The maximum atomic E-state index is 5.71. The highest BCUT2D eigenvalue weighted by molar-refractivity contribution is 7.98. The Kier molecular flexibility index (Phi) is 5.42. The minimum Gasteiger partial charge on any atom is -0.423 e. The molecule has 0 saturated carbocycles. The lowest BCUT2D eigenvalue weighted by atomic mass is 10.2. The summed E-state index contributed by atoms with van der Waals surface area (Å²) in [6.45, 7) is 5.08. The lowest BCUT2D eigenvalue weighted by molar-refractivity contribution is 0.383. The topological polar surface area (TPSA) is 51.0 Å². The summed E-state index contributed by atoms with van der Waals surface area (Å²) >= 11 is 1.70. The molecule has 0 spiro atoms. The van der Waals surface area contributed by atoms with Gasteiger partial charge >= 0.3 is 0 Å². The molecule has 0 aliphatic heterocycles. The standard InChI is InChI=1S/C14H19N3OS/c1-3-12(15-4-2)14-17-16-13(18-14)10-19-11-8-6-5-7-9-11/h5-9,12,15H,3-4,10H2,1-2H3. The minimum atomic E-state index is 0.160. The summed E-state index contributed by atoms with van der Waals surface area (Å²) in [5.41, 5.74) is 0. The second-order valence-electron chi connectivity index (χ2n) is 4.15. The van der Waals surface area contributed by atoms with Gasteiger partial charge in [0.2, 0.25) is 11.8 Å². The van der Waals surface area contributed by atoms with Gasteiger partial charge in [-0.05, 0) is 25.1 Å². The first-order valence-electron chi connectivity index (χ1n) is 6.57. The van der Waals surface area contributed by atoms with E-state index in [9.17, 15) is 0 Å². The molecule has 1 aromatic carbocycles. The highest BCUT2D eigenvalue weighted by atomic mass is 32.2. The number of nitrogens with one attached hydrogen (secondary N) is 1. The van der Waals surface area contributed by atoms with Gasteiger partial charge in [-0.15, -0.1) is 22.0 Å². The fourth-order valence-electron chi connectivity index (χ4n) is 1.78. The lowest BCUT2D eigenvalue weighted by Gasteiger charge is -2.09. The first kappa shape index (κ1) is 14.1. The van der Waals surface area contributed by atoms with Crippen LogP contribution in [0.3, 0.4) is 0 Å². The number of rotatable bonds is 7. The quantitative estimate of drug-likeness (QED) is 0.786. The highest BCUT2D eigenvalue weighted by Gasteiger charge is 2.15. The van der Waals surface area contributed by atoms with Crippen molar-refractivity contribution >= 4 is 11.8 Å². The molecule has 0 fully saturated rings. The van der Waals surface area contributed by atoms with Crippen molar-refractivity contribution < 1.29 is 4.42 Å². The van der Waals surface area contributed by atoms with Gasteiger partial charge < -0.3 is 9.73 Å². The van der Waals surface area contributed by atoms with Crippen LogP contribution >= 0.6 is 11.8 Å². The van der Waals surface area contributed by atoms with Crippen LogP contribution < -0.4 is 5.32 Å². The van der Waals surface area contributed by atoms with E-state index in [4.69, 9.17) is 4.42 Å². The molecule has 5 heteroatoms. The van der Waals surface area contributed by atoms with Gasteiger partial charge in [0.1, 0.15) is 0 Å². The van der Waals surface area contributed by atoms with E-state index in [1.807, 2.05) is 18.2 Å². The third-order valence-electron chi connectivity index (χ3n) is 2.74. The van der Waals surface area contributed by atoms with Crippen LogP contribution in [0.15, 0.2) is 39.6 Å². The zero-order valence-corrected chi connectivity index (χ0v) is 12.1. The van der Waals surface area contributed by atoms with Crippen molar-refractivity contribution in [3.8, 4) is 0 Å². The van der Waals surface area contributed by atoms with Crippen molar-refractivity contribution in [1.82, 2.24) is 15.5 Å². The number of hydrogen-bond donors (Lipinski definition) is 1. The molecule has 102 valence electrons. The van der Waals surface area contributed by atoms with E-state index in [1.165, 1.54) is 4.90 Å². The van der Waals surface area contributed by atoms with E-state index < -0.39 is 0 Å². The summed E-state index contributed by atoms with van der Waals surface area (Å²) in [6, 6.07) is 10.4. The number of benzene rings is 1. The van der Waals surface area contributed by atoms with E-state index in [0.29, 0.717) is 17.5 Å². The molecule has 0 aliphatic rings. The molecule has 0 bridgehead atoms. The van der Waals surface area contributed by atoms with Gasteiger partial charge in [-0.2, -0.15) is 0 Å². The smallest absolute Gasteiger partial charge is 0.233 e. The van der Waals surface area contributed by atoms with Crippen LogP contribution in [0.4, 0.5) is 0 Å². The average Bonchev–Trinajstić information content (AvgIpc) is 2.92. The van der Waals surface area contributed by atoms with Gasteiger partial charge in [-0.25, -0.2) is 0 Å². The minimum absolute atomic E-state index is 0.160. The van der Waals surface area contributed by atoms with Crippen molar-refractivity contribution in [2.75, 3.05) is 6.54 Å². The zero-order chi connectivity index (χ0) is 13.5. The Morgan fingerprint density at radius 2 is 2.00 bits per heavy atom. The summed E-state index contributed by atoms with van der Waals surface area (Å²) in [4.78, 5) is 1.21. The molecule has 1 aromatic heterocycles. The van der Waals surface area contributed by atoms with Gasteiger partial charge in [0, 0.05) is 4.90 Å². The van der Waals surface area contributed by atoms with E-state index in [2.05, 4.69) is 41.5 Å². The third kappa shape index (κ3) is 4.08. The normalized spacial score (nSPS) is 12.5. The van der Waals surface area contributed by atoms with Crippen LogP contribution in [0, 0.1) is 0 Å². The summed E-state index contributed by atoms with van der Waals surface area (Å²) in [7, 11) is 0. The van der Waals surface area contributed by atoms with Gasteiger partial charge in [-0.3, -0.25) is 0 Å². The van der Waals surface area contributed by atoms with Crippen molar-refractivity contribution in [2.45, 2.75) is 37.0 Å². The van der Waals surface area contributed by atoms with Gasteiger partial charge in [0.25, 0.3) is 0 Å². The first-order valence-corrected chi connectivity index (χ1v) is 7.55. The highest BCUT2D eigenvalue weighted by Crippen LogP contribution is 2.23. The average molecular weight is 277 g/mol. The van der Waals surface area contributed by atoms with E-state index in [0.717, 1.165) is 13.0 Å². The Morgan fingerprint density at radius 3 is 2.68 bits per heavy atom. The van der Waals surface area contributed by atoms with Crippen molar-refractivity contribution in [3.05, 3.63) is 42.1 Å². The maximum Gasteiger partial charge on any atom is 0.233 e.